The maximum absolute atomic E-state index is 12.0. The first-order valence-corrected chi connectivity index (χ1v) is 7.95. The minimum Gasteiger partial charge on any atom is -0.495 e. The van der Waals surface area contributed by atoms with E-state index in [2.05, 4.69) is 10.6 Å². The van der Waals surface area contributed by atoms with Crippen LogP contribution in [0.5, 0.6) is 5.75 Å². The Morgan fingerprint density at radius 3 is 2.48 bits per heavy atom. The van der Waals surface area contributed by atoms with Crippen molar-refractivity contribution in [1.82, 2.24) is 5.32 Å². The summed E-state index contributed by atoms with van der Waals surface area (Å²) in [4.78, 5) is 23.7. The number of methoxy groups -OCH3 is 1. The summed E-state index contributed by atoms with van der Waals surface area (Å²) < 4.78 is 5.22. The first-order chi connectivity index (χ1) is 10.6. The zero-order valence-electron chi connectivity index (χ0n) is 14.4. The molecule has 1 aromatic carbocycles. The second kappa shape index (κ2) is 8.20. The van der Waals surface area contributed by atoms with E-state index in [1.807, 2.05) is 27.7 Å². The van der Waals surface area contributed by atoms with Crippen LogP contribution in [0.4, 0.5) is 5.69 Å². The number of benzene rings is 1. The number of nitrogens with one attached hydrogen (secondary N) is 2. The third kappa shape index (κ3) is 6.10. The highest BCUT2D eigenvalue weighted by Gasteiger charge is 2.20. The summed E-state index contributed by atoms with van der Waals surface area (Å²) >= 11 is 6.04. The number of carbonyl (C=O) groups excluding carboxylic acids is 2. The fourth-order valence-corrected chi connectivity index (χ4v) is 2.01. The van der Waals surface area contributed by atoms with Crippen molar-refractivity contribution in [2.75, 3.05) is 19.0 Å². The average Bonchev–Trinajstić information content (AvgIpc) is 2.45. The van der Waals surface area contributed by atoms with E-state index < -0.39 is 5.41 Å². The van der Waals surface area contributed by atoms with Gasteiger partial charge in [0.05, 0.1) is 12.8 Å². The molecule has 0 aliphatic rings. The molecule has 0 saturated carbocycles. The van der Waals surface area contributed by atoms with Gasteiger partial charge in [0.15, 0.2) is 0 Å². The van der Waals surface area contributed by atoms with Gasteiger partial charge in [0.25, 0.3) is 0 Å². The Bertz CT molecular complexity index is 580. The van der Waals surface area contributed by atoms with Crippen molar-refractivity contribution in [3.8, 4) is 5.75 Å². The average molecular weight is 341 g/mol. The minimum atomic E-state index is -0.420. The quantitative estimate of drug-likeness (QED) is 0.778. The number of hydrogen-bond donors (Lipinski definition) is 2. The zero-order valence-corrected chi connectivity index (χ0v) is 15.1. The van der Waals surface area contributed by atoms with Crippen LogP contribution in [0.2, 0.25) is 5.02 Å². The molecule has 2 amide bonds. The van der Waals surface area contributed by atoms with E-state index in [1.54, 1.807) is 12.1 Å². The molecular weight excluding hydrogens is 316 g/mol. The number of carbonyl (C=O) groups is 2. The highest BCUT2D eigenvalue weighted by molar-refractivity contribution is 6.31. The van der Waals surface area contributed by atoms with E-state index in [1.165, 1.54) is 7.11 Å². The number of halogens is 1. The number of rotatable bonds is 6. The fourth-order valence-electron chi connectivity index (χ4n) is 1.86. The van der Waals surface area contributed by atoms with Crippen LogP contribution < -0.4 is 15.4 Å². The maximum atomic E-state index is 12.0. The summed E-state index contributed by atoms with van der Waals surface area (Å²) in [6.07, 6.45) is 0.887. The smallest absolute Gasteiger partial charge is 0.225 e. The van der Waals surface area contributed by atoms with Crippen molar-refractivity contribution in [2.45, 2.75) is 40.5 Å². The third-order valence-corrected chi connectivity index (χ3v) is 3.71. The molecule has 0 bridgehead atoms. The molecule has 0 spiro atoms. The first-order valence-electron chi connectivity index (χ1n) is 7.57. The third-order valence-electron chi connectivity index (χ3n) is 3.30. The Morgan fingerprint density at radius 1 is 1.26 bits per heavy atom. The van der Waals surface area contributed by atoms with Crippen LogP contribution in [-0.4, -0.2) is 25.5 Å². The molecule has 0 radical (unpaired) electrons. The number of ether oxygens (including phenoxy) is 1. The number of anilines is 1. The Balaban J connectivity index is 2.49. The van der Waals surface area contributed by atoms with Crippen molar-refractivity contribution in [1.29, 1.82) is 0 Å². The van der Waals surface area contributed by atoms with Crippen LogP contribution >= 0.6 is 11.6 Å². The van der Waals surface area contributed by atoms with E-state index in [4.69, 9.17) is 16.3 Å². The molecule has 6 heteroatoms. The Labute approximate surface area is 142 Å². The summed E-state index contributed by atoms with van der Waals surface area (Å²) in [5, 5.41) is 6.22. The Hall–Kier alpha value is -1.75. The first kappa shape index (κ1) is 19.3. The lowest BCUT2D eigenvalue weighted by Gasteiger charge is -2.17. The van der Waals surface area contributed by atoms with Gasteiger partial charge in [-0.1, -0.05) is 32.4 Å². The molecular formula is C17H25ClN2O3. The summed E-state index contributed by atoms with van der Waals surface area (Å²) in [6, 6.07) is 3.45. The topological polar surface area (TPSA) is 67.4 Å². The molecule has 0 heterocycles. The lowest BCUT2D eigenvalue weighted by atomic mass is 9.96. The van der Waals surface area contributed by atoms with Crippen LogP contribution in [0.1, 0.15) is 39.2 Å². The molecule has 0 aliphatic heterocycles. The van der Waals surface area contributed by atoms with E-state index in [9.17, 15) is 9.59 Å². The predicted molar refractivity (Wildman–Crippen MR) is 93.1 cm³/mol. The number of amides is 2. The molecule has 1 rings (SSSR count). The van der Waals surface area contributed by atoms with Crippen molar-refractivity contribution in [3.05, 3.63) is 22.7 Å². The highest BCUT2D eigenvalue weighted by Crippen LogP contribution is 2.31. The van der Waals surface area contributed by atoms with Gasteiger partial charge in [-0.05, 0) is 25.0 Å². The van der Waals surface area contributed by atoms with Gasteiger partial charge in [-0.2, -0.15) is 0 Å². The van der Waals surface area contributed by atoms with Crippen molar-refractivity contribution in [2.24, 2.45) is 5.41 Å². The van der Waals surface area contributed by atoms with Crippen LogP contribution in [0, 0.1) is 12.3 Å². The van der Waals surface area contributed by atoms with Crippen molar-refractivity contribution >= 4 is 29.1 Å². The van der Waals surface area contributed by atoms with E-state index in [0.29, 0.717) is 35.8 Å². The van der Waals surface area contributed by atoms with Gasteiger partial charge in [-0.3, -0.25) is 9.59 Å². The Kier molecular flexibility index (Phi) is 6.88. The number of aryl methyl sites for hydroxylation is 1. The van der Waals surface area contributed by atoms with Gasteiger partial charge in [0, 0.05) is 29.5 Å². The van der Waals surface area contributed by atoms with E-state index in [0.717, 1.165) is 5.56 Å². The van der Waals surface area contributed by atoms with Crippen molar-refractivity contribution in [3.63, 3.8) is 0 Å². The van der Waals surface area contributed by atoms with Gasteiger partial charge in [0.2, 0.25) is 11.8 Å². The molecule has 128 valence electrons. The zero-order chi connectivity index (χ0) is 17.6. The molecule has 0 saturated heterocycles. The molecule has 23 heavy (non-hydrogen) atoms. The Morgan fingerprint density at radius 2 is 1.91 bits per heavy atom. The van der Waals surface area contributed by atoms with Crippen LogP contribution in [-0.2, 0) is 9.59 Å². The molecule has 0 fully saturated rings. The second-order valence-corrected chi connectivity index (χ2v) is 6.87. The molecule has 0 aromatic heterocycles. The standard InChI is InChI=1S/C17H25ClN2O3/c1-11-9-13(14(23-5)10-12(11)18)20-15(21)7-6-8-19-16(22)17(2,3)4/h9-10H,6-8H2,1-5H3,(H,19,22)(H,20,21). The van der Waals surface area contributed by atoms with Crippen LogP contribution in [0.3, 0.4) is 0 Å². The summed E-state index contributed by atoms with van der Waals surface area (Å²) in [5.41, 5.74) is 1.04. The largest absolute Gasteiger partial charge is 0.495 e. The molecule has 0 unspecified atom stereocenters. The van der Waals surface area contributed by atoms with Gasteiger partial charge < -0.3 is 15.4 Å². The van der Waals surface area contributed by atoms with Crippen LogP contribution in [0.25, 0.3) is 0 Å². The van der Waals surface area contributed by atoms with Gasteiger partial charge in [0.1, 0.15) is 5.75 Å². The predicted octanol–water partition coefficient (Wildman–Crippen LogP) is 3.54. The van der Waals surface area contributed by atoms with Gasteiger partial charge in [-0.15, -0.1) is 0 Å². The molecule has 2 N–H and O–H groups in total. The second-order valence-electron chi connectivity index (χ2n) is 6.46. The minimum absolute atomic E-state index is 0.0205. The molecule has 0 aliphatic carbocycles. The summed E-state index contributed by atoms with van der Waals surface area (Å²) in [5.74, 6) is 0.373. The molecule has 5 nitrogen and oxygen atoms in total. The lowest BCUT2D eigenvalue weighted by Crippen LogP contribution is -2.35. The lowest BCUT2D eigenvalue weighted by molar-refractivity contribution is -0.128. The molecule has 0 atom stereocenters. The van der Waals surface area contributed by atoms with Gasteiger partial charge in [-0.25, -0.2) is 0 Å². The summed E-state index contributed by atoms with van der Waals surface area (Å²) in [6.45, 7) is 7.89. The normalized spacial score (nSPS) is 11.0. The summed E-state index contributed by atoms with van der Waals surface area (Å²) in [7, 11) is 1.53. The van der Waals surface area contributed by atoms with Gasteiger partial charge >= 0.3 is 0 Å². The molecule has 1 aromatic rings. The van der Waals surface area contributed by atoms with Crippen molar-refractivity contribution < 1.29 is 14.3 Å². The monoisotopic (exact) mass is 340 g/mol. The number of hydrogen-bond acceptors (Lipinski definition) is 3. The van der Waals surface area contributed by atoms with E-state index >= 15 is 0 Å². The maximum Gasteiger partial charge on any atom is 0.225 e. The fraction of sp³-hybridized carbons (Fsp3) is 0.529. The SMILES string of the molecule is COc1cc(Cl)c(C)cc1NC(=O)CCCNC(=O)C(C)(C)C. The highest BCUT2D eigenvalue weighted by atomic mass is 35.5. The van der Waals surface area contributed by atoms with E-state index in [-0.39, 0.29) is 11.8 Å². The van der Waals surface area contributed by atoms with Crippen LogP contribution in [0.15, 0.2) is 12.1 Å².